The molecule has 1 aliphatic heterocycles. The number of carbonyl (C=O) groups is 1. The maximum absolute atomic E-state index is 12.8. The monoisotopic (exact) mass is 317 g/mol. The smallest absolute Gasteiger partial charge is 0.317 e. The molecule has 1 fully saturated rings. The van der Waals surface area contributed by atoms with Gasteiger partial charge >= 0.3 is 6.03 Å². The Morgan fingerprint density at radius 1 is 1.30 bits per heavy atom. The first-order valence-electron chi connectivity index (χ1n) is 7.67. The van der Waals surface area contributed by atoms with Crippen LogP contribution in [-0.2, 0) is 13.5 Å². The summed E-state index contributed by atoms with van der Waals surface area (Å²) in [6.07, 6.45) is 2.77. The number of urea groups is 1. The van der Waals surface area contributed by atoms with E-state index in [0.29, 0.717) is 25.4 Å². The molecular weight excluding hydrogens is 297 g/mol. The van der Waals surface area contributed by atoms with Crippen molar-refractivity contribution < 1.29 is 13.9 Å². The van der Waals surface area contributed by atoms with Crippen molar-refractivity contribution in [3.05, 3.63) is 54.1 Å². The van der Waals surface area contributed by atoms with Crippen LogP contribution in [0, 0.1) is 5.82 Å². The molecule has 1 aromatic heterocycles. The van der Waals surface area contributed by atoms with E-state index in [1.165, 1.54) is 17.8 Å². The van der Waals surface area contributed by atoms with Gasteiger partial charge in [-0.1, -0.05) is 0 Å². The molecule has 0 unspecified atom stereocenters. The van der Waals surface area contributed by atoms with E-state index >= 15 is 0 Å². The quantitative estimate of drug-likeness (QED) is 0.919. The maximum Gasteiger partial charge on any atom is 0.317 e. The number of amides is 2. The van der Waals surface area contributed by atoms with Crippen molar-refractivity contribution in [3.8, 4) is 5.75 Å². The van der Waals surface area contributed by atoms with Gasteiger partial charge in [0.25, 0.3) is 0 Å². The van der Waals surface area contributed by atoms with Gasteiger partial charge in [0.05, 0.1) is 13.1 Å². The number of hydrogen-bond donors (Lipinski definition) is 1. The largest absolute Gasteiger partial charge is 0.487 e. The van der Waals surface area contributed by atoms with Crippen molar-refractivity contribution in [2.75, 3.05) is 19.6 Å². The van der Waals surface area contributed by atoms with Gasteiger partial charge < -0.3 is 19.5 Å². The van der Waals surface area contributed by atoms with Crippen LogP contribution in [0.15, 0.2) is 42.6 Å². The average Bonchev–Trinajstić information content (AvgIpc) is 2.89. The van der Waals surface area contributed by atoms with Gasteiger partial charge in [0, 0.05) is 31.9 Å². The van der Waals surface area contributed by atoms with Crippen molar-refractivity contribution in [1.82, 2.24) is 14.8 Å². The van der Waals surface area contributed by atoms with Crippen molar-refractivity contribution in [3.63, 3.8) is 0 Å². The van der Waals surface area contributed by atoms with E-state index in [-0.39, 0.29) is 18.0 Å². The van der Waals surface area contributed by atoms with Crippen LogP contribution < -0.4 is 10.1 Å². The Bertz CT molecular complexity index is 663. The fourth-order valence-corrected chi connectivity index (χ4v) is 2.55. The van der Waals surface area contributed by atoms with Gasteiger partial charge in [-0.25, -0.2) is 9.18 Å². The lowest BCUT2D eigenvalue weighted by molar-refractivity contribution is 0.0445. The fourth-order valence-electron chi connectivity index (χ4n) is 2.55. The number of aryl methyl sites for hydroxylation is 1. The van der Waals surface area contributed by atoms with E-state index in [0.717, 1.165) is 6.42 Å². The molecule has 0 spiro atoms. The van der Waals surface area contributed by atoms with Crippen LogP contribution in [0.2, 0.25) is 0 Å². The molecule has 122 valence electrons. The molecule has 23 heavy (non-hydrogen) atoms. The number of nitrogens with zero attached hydrogens (tertiary/aromatic N) is 2. The molecule has 3 rings (SSSR count). The number of nitrogens with one attached hydrogen (secondary N) is 1. The first-order valence-corrected chi connectivity index (χ1v) is 7.67. The first kappa shape index (κ1) is 15.4. The second-order valence-electron chi connectivity index (χ2n) is 5.69. The van der Waals surface area contributed by atoms with E-state index in [4.69, 9.17) is 4.74 Å². The van der Waals surface area contributed by atoms with Gasteiger partial charge in [0.1, 0.15) is 17.7 Å². The lowest BCUT2D eigenvalue weighted by atomic mass is 10.2. The Morgan fingerprint density at radius 3 is 2.70 bits per heavy atom. The van der Waals surface area contributed by atoms with Crippen LogP contribution in [0.4, 0.5) is 9.18 Å². The third-order valence-electron chi connectivity index (χ3n) is 3.96. The highest BCUT2D eigenvalue weighted by atomic mass is 19.1. The molecule has 2 heterocycles. The highest BCUT2D eigenvalue weighted by Crippen LogP contribution is 2.18. The Labute approximate surface area is 134 Å². The molecule has 5 nitrogen and oxygen atoms in total. The van der Waals surface area contributed by atoms with Gasteiger partial charge in [-0.2, -0.15) is 0 Å². The molecule has 1 aromatic carbocycles. The highest BCUT2D eigenvalue weighted by Gasteiger charge is 2.32. The van der Waals surface area contributed by atoms with Gasteiger partial charge in [-0.05, 0) is 36.4 Å². The van der Waals surface area contributed by atoms with Crippen LogP contribution in [0.5, 0.6) is 5.75 Å². The summed E-state index contributed by atoms with van der Waals surface area (Å²) < 4.78 is 20.5. The van der Waals surface area contributed by atoms with E-state index in [1.807, 2.05) is 29.9 Å². The van der Waals surface area contributed by atoms with Gasteiger partial charge in [0.15, 0.2) is 0 Å². The maximum atomic E-state index is 12.8. The Morgan fingerprint density at radius 2 is 2.04 bits per heavy atom. The van der Waals surface area contributed by atoms with Crippen LogP contribution in [0.25, 0.3) is 0 Å². The van der Waals surface area contributed by atoms with E-state index < -0.39 is 0 Å². The molecule has 1 aliphatic rings. The standard InChI is InChI=1S/C17H20FN3O2/c1-20-10-2-3-14(20)8-9-19-17(22)21-11-16(12-21)23-15-6-4-13(18)5-7-15/h2-7,10,16H,8-9,11-12H2,1H3,(H,19,22). The summed E-state index contributed by atoms with van der Waals surface area (Å²) in [6, 6.07) is 9.88. The fraction of sp³-hybridized carbons (Fsp3) is 0.353. The summed E-state index contributed by atoms with van der Waals surface area (Å²) in [6.45, 7) is 1.71. The predicted molar refractivity (Wildman–Crippen MR) is 84.9 cm³/mol. The van der Waals surface area contributed by atoms with E-state index in [2.05, 4.69) is 5.32 Å². The van der Waals surface area contributed by atoms with Crippen LogP contribution in [-0.4, -0.2) is 41.2 Å². The number of benzene rings is 1. The summed E-state index contributed by atoms with van der Waals surface area (Å²) >= 11 is 0. The summed E-state index contributed by atoms with van der Waals surface area (Å²) in [7, 11) is 1.99. The molecule has 2 amide bonds. The molecule has 6 heteroatoms. The Hall–Kier alpha value is -2.50. The van der Waals surface area contributed by atoms with Gasteiger partial charge in [-0.3, -0.25) is 0 Å². The molecule has 0 saturated carbocycles. The van der Waals surface area contributed by atoms with E-state index in [9.17, 15) is 9.18 Å². The minimum Gasteiger partial charge on any atom is -0.487 e. The summed E-state index contributed by atoms with van der Waals surface area (Å²) in [4.78, 5) is 13.7. The Kier molecular flexibility index (Phi) is 4.50. The molecule has 1 saturated heterocycles. The SMILES string of the molecule is Cn1cccc1CCNC(=O)N1CC(Oc2ccc(F)cc2)C1. The number of carbonyl (C=O) groups excluding carboxylic acids is 1. The molecule has 0 aliphatic carbocycles. The van der Waals surface area contributed by atoms with Gasteiger partial charge in [-0.15, -0.1) is 0 Å². The number of hydrogen-bond acceptors (Lipinski definition) is 2. The minimum absolute atomic E-state index is 0.0286. The lowest BCUT2D eigenvalue weighted by Crippen LogP contribution is -2.59. The number of ether oxygens (including phenoxy) is 1. The summed E-state index contributed by atoms with van der Waals surface area (Å²) in [5.74, 6) is 0.338. The molecule has 1 N–H and O–H groups in total. The third kappa shape index (κ3) is 3.83. The van der Waals surface area contributed by atoms with Crippen LogP contribution >= 0.6 is 0 Å². The van der Waals surface area contributed by atoms with Crippen LogP contribution in [0.1, 0.15) is 5.69 Å². The van der Waals surface area contributed by atoms with Crippen molar-refractivity contribution in [2.45, 2.75) is 12.5 Å². The first-order chi connectivity index (χ1) is 11.1. The van der Waals surface area contributed by atoms with Crippen molar-refractivity contribution in [1.29, 1.82) is 0 Å². The highest BCUT2D eigenvalue weighted by molar-refractivity contribution is 5.75. The lowest BCUT2D eigenvalue weighted by Gasteiger charge is -2.38. The van der Waals surface area contributed by atoms with Crippen molar-refractivity contribution in [2.24, 2.45) is 7.05 Å². The van der Waals surface area contributed by atoms with Crippen LogP contribution in [0.3, 0.4) is 0 Å². The summed E-state index contributed by atoms with van der Waals surface area (Å²) in [5.41, 5.74) is 1.19. The normalized spacial score (nSPS) is 14.4. The Balaban J connectivity index is 1.36. The number of likely N-dealkylation sites (tertiary alicyclic amines) is 1. The molecule has 0 atom stereocenters. The van der Waals surface area contributed by atoms with Gasteiger partial charge in [0.2, 0.25) is 0 Å². The zero-order valence-electron chi connectivity index (χ0n) is 13.0. The number of rotatable bonds is 5. The number of aromatic nitrogens is 1. The zero-order chi connectivity index (χ0) is 16.2. The second kappa shape index (κ2) is 6.73. The molecule has 0 radical (unpaired) electrons. The molecule has 2 aromatic rings. The second-order valence-corrected chi connectivity index (χ2v) is 5.69. The molecular formula is C17H20FN3O2. The minimum atomic E-state index is -0.287. The third-order valence-corrected chi connectivity index (χ3v) is 3.96. The summed E-state index contributed by atoms with van der Waals surface area (Å²) in [5, 5.41) is 2.91. The zero-order valence-corrected chi connectivity index (χ0v) is 13.0. The van der Waals surface area contributed by atoms with Crippen molar-refractivity contribution >= 4 is 6.03 Å². The average molecular weight is 317 g/mol. The number of halogens is 1. The van der Waals surface area contributed by atoms with E-state index in [1.54, 1.807) is 17.0 Å². The molecule has 0 bridgehead atoms. The predicted octanol–water partition coefficient (Wildman–Crippen LogP) is 2.18. The topological polar surface area (TPSA) is 46.5 Å².